The minimum atomic E-state index is -0.683. The van der Waals surface area contributed by atoms with Crippen LogP contribution in [0.25, 0.3) is 10.9 Å². The van der Waals surface area contributed by atoms with Gasteiger partial charge in [-0.3, -0.25) is 19.0 Å². The second-order valence-electron chi connectivity index (χ2n) is 6.31. The number of ether oxygens (including phenoxy) is 1. The maximum Gasteiger partial charge on any atom is 0.325 e. The van der Waals surface area contributed by atoms with Crippen LogP contribution in [-0.4, -0.2) is 28.0 Å². The van der Waals surface area contributed by atoms with Gasteiger partial charge in [0.1, 0.15) is 19.7 Å². The van der Waals surface area contributed by atoms with Gasteiger partial charge in [0, 0.05) is 5.56 Å². The molecule has 0 atom stereocenters. The van der Waals surface area contributed by atoms with Crippen LogP contribution in [0.3, 0.4) is 0 Å². The molecule has 1 heterocycles. The minimum Gasteiger partial charge on any atom is -0.456 e. The van der Waals surface area contributed by atoms with Crippen molar-refractivity contribution in [1.82, 2.24) is 14.9 Å². The van der Waals surface area contributed by atoms with E-state index in [1.165, 1.54) is 4.57 Å². The minimum absolute atomic E-state index is 0.161. The van der Waals surface area contributed by atoms with Gasteiger partial charge < -0.3 is 10.1 Å². The number of nitrogens with zero attached hydrogens (tertiary/aromatic N) is 3. The summed E-state index contributed by atoms with van der Waals surface area (Å²) in [7, 11) is 0. The van der Waals surface area contributed by atoms with Crippen molar-refractivity contribution in [2.75, 3.05) is 6.54 Å². The van der Waals surface area contributed by atoms with Gasteiger partial charge in [-0.15, -0.1) is 0 Å². The third-order valence-electron chi connectivity index (χ3n) is 4.21. The molecule has 3 aromatic rings. The largest absolute Gasteiger partial charge is 0.456 e. The first-order valence-corrected chi connectivity index (χ1v) is 8.85. The summed E-state index contributed by atoms with van der Waals surface area (Å²) in [5, 5.41) is 11.9. The molecule has 146 valence electrons. The number of rotatable bonds is 6. The first kappa shape index (κ1) is 19.8. The fourth-order valence-corrected chi connectivity index (χ4v) is 2.79. The van der Waals surface area contributed by atoms with Crippen LogP contribution < -0.4 is 10.9 Å². The molecule has 1 aromatic heterocycles. The van der Waals surface area contributed by atoms with Crippen molar-refractivity contribution in [1.29, 1.82) is 5.26 Å². The molecule has 2 aromatic carbocycles. The predicted octanol–water partition coefficient (Wildman–Crippen LogP) is 1.70. The summed E-state index contributed by atoms with van der Waals surface area (Å²) >= 11 is 0. The number of esters is 1. The van der Waals surface area contributed by atoms with E-state index in [1.54, 1.807) is 42.5 Å². The van der Waals surface area contributed by atoms with E-state index in [4.69, 9.17) is 10.00 Å². The lowest BCUT2D eigenvalue weighted by atomic mass is 10.1. The Morgan fingerprint density at radius 2 is 2.00 bits per heavy atom. The van der Waals surface area contributed by atoms with Crippen molar-refractivity contribution in [2.45, 2.75) is 20.1 Å². The smallest absolute Gasteiger partial charge is 0.325 e. The van der Waals surface area contributed by atoms with Crippen LogP contribution in [-0.2, 0) is 22.7 Å². The highest BCUT2D eigenvalue weighted by molar-refractivity contribution is 5.96. The number of para-hydroxylation sites is 1. The monoisotopic (exact) mass is 390 g/mol. The molecule has 0 aliphatic heterocycles. The summed E-state index contributed by atoms with van der Waals surface area (Å²) in [4.78, 5) is 41.0. The highest BCUT2D eigenvalue weighted by Gasteiger charge is 2.14. The van der Waals surface area contributed by atoms with E-state index >= 15 is 0 Å². The van der Waals surface area contributed by atoms with E-state index in [-0.39, 0.29) is 31.1 Å². The number of nitriles is 1. The maximum absolute atomic E-state index is 12.6. The number of benzene rings is 2. The first-order chi connectivity index (χ1) is 14.0. The molecule has 0 fully saturated rings. The molecular weight excluding hydrogens is 372 g/mol. The van der Waals surface area contributed by atoms with Crippen molar-refractivity contribution in [3.05, 3.63) is 75.8 Å². The molecule has 1 amide bonds. The summed E-state index contributed by atoms with van der Waals surface area (Å²) in [6, 6.07) is 15.6. The Balaban J connectivity index is 1.67. The molecule has 0 spiro atoms. The van der Waals surface area contributed by atoms with Gasteiger partial charge >= 0.3 is 5.97 Å². The normalized spacial score (nSPS) is 10.3. The molecule has 1 N–H and O–H groups in total. The second kappa shape index (κ2) is 8.80. The first-order valence-electron chi connectivity index (χ1n) is 8.85. The van der Waals surface area contributed by atoms with Crippen molar-refractivity contribution in [2.24, 2.45) is 0 Å². The fourth-order valence-electron chi connectivity index (χ4n) is 2.79. The Kier molecular flexibility index (Phi) is 6.00. The van der Waals surface area contributed by atoms with Crippen LogP contribution in [0.4, 0.5) is 0 Å². The van der Waals surface area contributed by atoms with Gasteiger partial charge in [0.05, 0.1) is 17.0 Å². The summed E-state index contributed by atoms with van der Waals surface area (Å²) in [6.45, 7) is 1.03. The van der Waals surface area contributed by atoms with Crippen LogP contribution in [0.5, 0.6) is 0 Å². The zero-order valence-electron chi connectivity index (χ0n) is 15.7. The van der Waals surface area contributed by atoms with E-state index in [0.29, 0.717) is 16.5 Å². The van der Waals surface area contributed by atoms with Gasteiger partial charge in [-0.05, 0) is 31.2 Å². The lowest BCUT2D eigenvalue weighted by molar-refractivity contribution is -0.144. The maximum atomic E-state index is 12.6. The van der Waals surface area contributed by atoms with Crippen LogP contribution in [0.2, 0.25) is 0 Å². The number of carbonyl (C=O) groups excluding carboxylic acids is 2. The topological polar surface area (TPSA) is 114 Å². The standard InChI is InChI=1S/C21H18N4O4/c1-14-5-4-6-15(11-14)20(27)23-12-19(26)29-13-18-24-17-8-3-2-7-16(17)21(28)25(18)10-9-22/h2-8,11H,10,12-13H2,1H3,(H,23,27). The molecule has 3 rings (SSSR count). The Morgan fingerprint density at radius 3 is 2.76 bits per heavy atom. The van der Waals surface area contributed by atoms with E-state index in [0.717, 1.165) is 5.56 Å². The third-order valence-corrected chi connectivity index (χ3v) is 4.21. The summed E-state index contributed by atoms with van der Waals surface area (Å²) in [5.74, 6) is -0.915. The Labute approximate surface area is 166 Å². The zero-order chi connectivity index (χ0) is 20.8. The number of aromatic nitrogens is 2. The van der Waals surface area contributed by atoms with Crippen LogP contribution in [0, 0.1) is 18.3 Å². The number of fused-ring (bicyclic) bond motifs is 1. The molecular formula is C21H18N4O4. The van der Waals surface area contributed by atoms with Gasteiger partial charge in [0.15, 0.2) is 5.82 Å². The fraction of sp³-hybridized carbons (Fsp3) is 0.190. The highest BCUT2D eigenvalue weighted by Crippen LogP contribution is 2.09. The molecule has 0 aliphatic rings. The van der Waals surface area contributed by atoms with E-state index in [2.05, 4.69) is 10.3 Å². The molecule has 8 heteroatoms. The summed E-state index contributed by atoms with van der Waals surface area (Å²) in [5.41, 5.74) is 1.44. The molecule has 0 bridgehead atoms. The van der Waals surface area contributed by atoms with Crippen molar-refractivity contribution in [3.8, 4) is 6.07 Å². The van der Waals surface area contributed by atoms with Crippen LogP contribution in [0.15, 0.2) is 53.3 Å². The van der Waals surface area contributed by atoms with Crippen LogP contribution in [0.1, 0.15) is 21.7 Å². The van der Waals surface area contributed by atoms with Crippen molar-refractivity contribution >= 4 is 22.8 Å². The van der Waals surface area contributed by atoms with Gasteiger partial charge in [-0.2, -0.15) is 5.26 Å². The van der Waals surface area contributed by atoms with Crippen LogP contribution >= 0.6 is 0 Å². The van der Waals surface area contributed by atoms with Gasteiger partial charge in [-0.1, -0.05) is 29.8 Å². The zero-order valence-corrected chi connectivity index (χ0v) is 15.7. The molecule has 0 unspecified atom stereocenters. The van der Waals surface area contributed by atoms with E-state index < -0.39 is 11.9 Å². The van der Waals surface area contributed by atoms with Gasteiger partial charge in [0.25, 0.3) is 11.5 Å². The van der Waals surface area contributed by atoms with E-state index in [1.807, 2.05) is 19.1 Å². The lowest BCUT2D eigenvalue weighted by Gasteiger charge is -2.11. The average Bonchev–Trinajstić information content (AvgIpc) is 2.73. The third kappa shape index (κ3) is 4.65. The number of aryl methyl sites for hydroxylation is 1. The predicted molar refractivity (Wildman–Crippen MR) is 105 cm³/mol. The average molecular weight is 390 g/mol. The molecule has 29 heavy (non-hydrogen) atoms. The summed E-state index contributed by atoms with van der Waals surface area (Å²) in [6.07, 6.45) is 0. The van der Waals surface area contributed by atoms with Gasteiger partial charge in [-0.25, -0.2) is 4.98 Å². The Hall–Kier alpha value is -3.99. The molecule has 0 saturated carbocycles. The Morgan fingerprint density at radius 1 is 1.21 bits per heavy atom. The van der Waals surface area contributed by atoms with Crippen molar-refractivity contribution in [3.63, 3.8) is 0 Å². The molecule has 0 aliphatic carbocycles. The molecule has 8 nitrogen and oxygen atoms in total. The number of carbonyl (C=O) groups is 2. The van der Waals surface area contributed by atoms with Gasteiger partial charge in [0.2, 0.25) is 0 Å². The summed E-state index contributed by atoms with van der Waals surface area (Å²) < 4.78 is 6.31. The second-order valence-corrected chi connectivity index (χ2v) is 6.31. The molecule has 0 radical (unpaired) electrons. The highest BCUT2D eigenvalue weighted by atomic mass is 16.5. The number of nitrogens with one attached hydrogen (secondary N) is 1. The lowest BCUT2D eigenvalue weighted by Crippen LogP contribution is -2.31. The van der Waals surface area contributed by atoms with E-state index in [9.17, 15) is 14.4 Å². The molecule has 0 saturated heterocycles. The number of hydrogen-bond acceptors (Lipinski definition) is 6. The quantitative estimate of drug-likeness (QED) is 0.641. The van der Waals surface area contributed by atoms with Crippen molar-refractivity contribution < 1.29 is 14.3 Å². The SMILES string of the molecule is Cc1cccc(C(=O)NCC(=O)OCc2nc3ccccc3c(=O)n2CC#N)c1. The Bertz CT molecular complexity index is 1180. The number of amides is 1. The number of hydrogen-bond donors (Lipinski definition) is 1.